The van der Waals surface area contributed by atoms with Crippen LogP contribution in [0.1, 0.15) is 0 Å². The molecule has 0 saturated carbocycles. The minimum atomic E-state index is -3.89. The van der Waals surface area contributed by atoms with Crippen molar-refractivity contribution < 1.29 is 25.2 Å². The van der Waals surface area contributed by atoms with E-state index in [0.717, 1.165) is 9.79 Å². The van der Waals surface area contributed by atoms with Crippen LogP contribution in [-0.4, -0.2) is 16.8 Å². The summed E-state index contributed by atoms with van der Waals surface area (Å²) in [5.41, 5.74) is 0. The number of benzene rings is 4. The Labute approximate surface area is 197 Å². The minimum Gasteiger partial charge on any atom is -0.379 e. The van der Waals surface area contributed by atoms with Crippen LogP contribution >= 0.6 is 11.8 Å². The fourth-order valence-electron chi connectivity index (χ4n) is 2.79. The van der Waals surface area contributed by atoms with Crippen molar-refractivity contribution in [1.82, 2.24) is 0 Å². The SMILES string of the molecule is O=S(=O)(Oc1ccc(Sc2ccc(OS(=O)(=O)c3ccccc3)cc2)cc1)c1ccccc1. The molecule has 0 aromatic heterocycles. The summed E-state index contributed by atoms with van der Waals surface area (Å²) in [7, 11) is -7.79. The number of hydrogen-bond acceptors (Lipinski definition) is 7. The summed E-state index contributed by atoms with van der Waals surface area (Å²) in [4.78, 5) is 1.87. The molecule has 0 aliphatic heterocycles. The molecule has 4 aromatic carbocycles. The first kappa shape index (κ1) is 22.9. The van der Waals surface area contributed by atoms with Crippen LogP contribution < -0.4 is 8.37 Å². The van der Waals surface area contributed by atoms with Gasteiger partial charge in [-0.05, 0) is 72.8 Å². The Morgan fingerprint density at radius 3 is 1.12 bits per heavy atom. The molecule has 0 aliphatic rings. The predicted octanol–water partition coefficient (Wildman–Crippen LogP) is 5.37. The maximum absolute atomic E-state index is 12.3. The zero-order valence-corrected chi connectivity index (χ0v) is 19.5. The molecule has 6 nitrogen and oxygen atoms in total. The van der Waals surface area contributed by atoms with Gasteiger partial charge in [-0.3, -0.25) is 0 Å². The van der Waals surface area contributed by atoms with Gasteiger partial charge >= 0.3 is 20.2 Å². The molecule has 0 fully saturated rings. The molecule has 0 radical (unpaired) electrons. The maximum Gasteiger partial charge on any atom is 0.339 e. The second-order valence-electron chi connectivity index (χ2n) is 6.75. The fourth-order valence-corrected chi connectivity index (χ4v) is 5.51. The van der Waals surface area contributed by atoms with Crippen LogP contribution in [0.15, 0.2) is 129 Å². The first-order chi connectivity index (χ1) is 15.8. The van der Waals surface area contributed by atoms with Gasteiger partial charge in [0.25, 0.3) is 0 Å². The molecule has 9 heteroatoms. The summed E-state index contributed by atoms with van der Waals surface area (Å²) >= 11 is 1.42. The summed E-state index contributed by atoms with van der Waals surface area (Å²) in [6.45, 7) is 0. The van der Waals surface area contributed by atoms with Crippen molar-refractivity contribution in [1.29, 1.82) is 0 Å². The second-order valence-corrected chi connectivity index (χ2v) is 11.0. The van der Waals surface area contributed by atoms with E-state index in [-0.39, 0.29) is 21.3 Å². The van der Waals surface area contributed by atoms with Crippen LogP contribution in [0.25, 0.3) is 0 Å². The van der Waals surface area contributed by atoms with Crippen LogP contribution in [0, 0.1) is 0 Å². The van der Waals surface area contributed by atoms with Gasteiger partial charge in [0.15, 0.2) is 0 Å². The Morgan fingerprint density at radius 1 is 0.455 bits per heavy atom. The molecule has 0 heterocycles. The lowest BCUT2D eigenvalue weighted by molar-refractivity contribution is 0.484. The molecule has 168 valence electrons. The third-order valence-electron chi connectivity index (χ3n) is 4.36. The van der Waals surface area contributed by atoms with Crippen molar-refractivity contribution in [3.05, 3.63) is 109 Å². The molecule has 0 spiro atoms. The third-order valence-corrected chi connectivity index (χ3v) is 7.90. The Bertz CT molecular complexity index is 1310. The van der Waals surface area contributed by atoms with Crippen molar-refractivity contribution in [2.75, 3.05) is 0 Å². The van der Waals surface area contributed by atoms with E-state index in [0.29, 0.717) is 0 Å². The summed E-state index contributed by atoms with van der Waals surface area (Å²) in [6, 6.07) is 29.1. The van der Waals surface area contributed by atoms with Crippen molar-refractivity contribution >= 4 is 32.0 Å². The van der Waals surface area contributed by atoms with E-state index < -0.39 is 20.2 Å². The van der Waals surface area contributed by atoms with Crippen molar-refractivity contribution in [3.8, 4) is 11.5 Å². The minimum absolute atomic E-state index is 0.0834. The first-order valence-electron chi connectivity index (χ1n) is 9.69. The summed E-state index contributed by atoms with van der Waals surface area (Å²) in [5.74, 6) is 0.413. The lowest BCUT2D eigenvalue weighted by Gasteiger charge is -2.09. The smallest absolute Gasteiger partial charge is 0.339 e. The topological polar surface area (TPSA) is 86.7 Å². The lowest BCUT2D eigenvalue weighted by atomic mass is 10.3. The highest BCUT2D eigenvalue weighted by Gasteiger charge is 2.17. The maximum atomic E-state index is 12.3. The van der Waals surface area contributed by atoms with Gasteiger partial charge in [0, 0.05) is 9.79 Å². The molecule has 4 aromatic rings. The monoisotopic (exact) mass is 498 g/mol. The van der Waals surface area contributed by atoms with Crippen LogP contribution in [0.2, 0.25) is 0 Å². The third kappa shape index (κ3) is 5.95. The largest absolute Gasteiger partial charge is 0.379 e. The highest BCUT2D eigenvalue weighted by Crippen LogP contribution is 2.31. The van der Waals surface area contributed by atoms with E-state index in [1.165, 1.54) is 36.0 Å². The molecule has 0 amide bonds. The van der Waals surface area contributed by atoms with E-state index in [2.05, 4.69) is 0 Å². The number of hydrogen-bond donors (Lipinski definition) is 0. The van der Waals surface area contributed by atoms with E-state index in [1.807, 2.05) is 0 Å². The van der Waals surface area contributed by atoms with Gasteiger partial charge in [-0.1, -0.05) is 48.2 Å². The van der Waals surface area contributed by atoms with Gasteiger partial charge in [0.05, 0.1) is 0 Å². The molecule has 33 heavy (non-hydrogen) atoms. The molecule has 0 atom stereocenters. The fraction of sp³-hybridized carbons (Fsp3) is 0. The number of rotatable bonds is 8. The van der Waals surface area contributed by atoms with Crippen LogP contribution in [0.4, 0.5) is 0 Å². The van der Waals surface area contributed by atoms with Crippen LogP contribution in [0.5, 0.6) is 11.5 Å². The quantitative estimate of drug-likeness (QED) is 0.302. The van der Waals surface area contributed by atoms with Gasteiger partial charge in [-0.2, -0.15) is 16.8 Å². The van der Waals surface area contributed by atoms with E-state index in [4.69, 9.17) is 8.37 Å². The van der Waals surface area contributed by atoms with E-state index in [1.54, 1.807) is 84.9 Å². The van der Waals surface area contributed by atoms with Crippen LogP contribution in [-0.2, 0) is 20.2 Å². The van der Waals surface area contributed by atoms with Gasteiger partial charge < -0.3 is 8.37 Å². The van der Waals surface area contributed by atoms with Gasteiger partial charge in [-0.15, -0.1) is 0 Å². The zero-order chi connectivity index (χ0) is 23.3. The molecular weight excluding hydrogens is 480 g/mol. The van der Waals surface area contributed by atoms with Crippen molar-refractivity contribution in [3.63, 3.8) is 0 Å². The van der Waals surface area contributed by atoms with Crippen LogP contribution in [0.3, 0.4) is 0 Å². The van der Waals surface area contributed by atoms with Crippen molar-refractivity contribution in [2.24, 2.45) is 0 Å². The Balaban J connectivity index is 1.39. The van der Waals surface area contributed by atoms with E-state index in [9.17, 15) is 16.8 Å². The Kier molecular flexibility index (Phi) is 6.73. The Hall–Kier alpha value is -3.27. The summed E-state index contributed by atoms with van der Waals surface area (Å²) in [6.07, 6.45) is 0. The molecule has 0 N–H and O–H groups in total. The zero-order valence-electron chi connectivity index (χ0n) is 17.1. The molecule has 4 rings (SSSR count). The van der Waals surface area contributed by atoms with Crippen molar-refractivity contribution in [2.45, 2.75) is 19.6 Å². The molecule has 0 bridgehead atoms. The highest BCUT2D eigenvalue weighted by atomic mass is 32.2. The summed E-state index contributed by atoms with van der Waals surface area (Å²) in [5, 5.41) is 0. The second kappa shape index (κ2) is 9.70. The Morgan fingerprint density at radius 2 is 0.788 bits per heavy atom. The van der Waals surface area contributed by atoms with Gasteiger partial charge in [-0.25, -0.2) is 0 Å². The standard InChI is InChI=1S/C24H18O6S3/c25-32(26,23-7-3-1-4-8-23)29-19-11-15-21(16-12-19)31-22-17-13-20(14-18-22)30-33(27,28)24-9-5-2-6-10-24/h1-18H. The molecule has 0 saturated heterocycles. The van der Waals surface area contributed by atoms with Gasteiger partial charge in [0.2, 0.25) is 0 Å². The average Bonchev–Trinajstić information content (AvgIpc) is 2.82. The molecule has 0 aliphatic carbocycles. The normalized spacial score (nSPS) is 11.6. The predicted molar refractivity (Wildman–Crippen MR) is 126 cm³/mol. The van der Waals surface area contributed by atoms with Gasteiger partial charge in [0.1, 0.15) is 21.3 Å². The first-order valence-corrected chi connectivity index (χ1v) is 13.3. The average molecular weight is 499 g/mol. The van der Waals surface area contributed by atoms with E-state index >= 15 is 0 Å². The highest BCUT2D eigenvalue weighted by molar-refractivity contribution is 7.99. The molecule has 0 unspecified atom stereocenters. The molecular formula is C24H18O6S3. The summed E-state index contributed by atoms with van der Waals surface area (Å²) < 4.78 is 59.6. The lowest BCUT2D eigenvalue weighted by Crippen LogP contribution is -2.09.